The Kier molecular flexibility index (Phi) is 6.89. The van der Waals surface area contributed by atoms with Crippen molar-refractivity contribution in [1.82, 2.24) is 14.7 Å². The maximum Gasteiger partial charge on any atom is 0.244 e. The highest BCUT2D eigenvalue weighted by atomic mass is 19.1. The third-order valence-corrected chi connectivity index (χ3v) is 4.30. The second-order valence-electron chi connectivity index (χ2n) is 7.12. The SMILES string of the molecule is CN(C)Cc1ccccc1CN(C)C(=O)[C@@H](c1cccc(F)c1)N(C)C. The van der Waals surface area contributed by atoms with Crippen LogP contribution in [0.5, 0.6) is 0 Å². The van der Waals surface area contributed by atoms with Crippen LogP contribution in [0.2, 0.25) is 0 Å². The predicted octanol–water partition coefficient (Wildman–Crippen LogP) is 3.15. The number of likely N-dealkylation sites (N-methyl/N-ethyl adjacent to an activating group) is 2. The minimum absolute atomic E-state index is 0.0553. The molecule has 0 fully saturated rings. The first kappa shape index (κ1) is 20.1. The third-order valence-electron chi connectivity index (χ3n) is 4.30. The minimum Gasteiger partial charge on any atom is -0.340 e. The quantitative estimate of drug-likeness (QED) is 0.762. The molecule has 0 aliphatic carbocycles. The molecule has 0 aliphatic heterocycles. The maximum atomic E-state index is 13.6. The number of benzene rings is 2. The van der Waals surface area contributed by atoms with Crippen molar-refractivity contribution < 1.29 is 9.18 Å². The molecule has 0 radical (unpaired) electrons. The summed E-state index contributed by atoms with van der Waals surface area (Å²) in [6, 6.07) is 13.9. The van der Waals surface area contributed by atoms with Crippen LogP contribution in [0.15, 0.2) is 48.5 Å². The van der Waals surface area contributed by atoms with Crippen LogP contribution in [0, 0.1) is 5.82 Å². The molecule has 0 aromatic heterocycles. The Bertz CT molecular complexity index is 746. The fraction of sp³-hybridized carbons (Fsp3) is 0.381. The minimum atomic E-state index is -0.517. The van der Waals surface area contributed by atoms with Crippen molar-refractivity contribution in [3.8, 4) is 0 Å². The Hall–Kier alpha value is -2.24. The Balaban J connectivity index is 2.22. The van der Waals surface area contributed by atoms with Gasteiger partial charge in [-0.05, 0) is 57.0 Å². The monoisotopic (exact) mass is 357 g/mol. The van der Waals surface area contributed by atoms with Gasteiger partial charge in [-0.1, -0.05) is 36.4 Å². The molecule has 1 amide bonds. The average Bonchev–Trinajstić information content (AvgIpc) is 2.56. The zero-order valence-corrected chi connectivity index (χ0v) is 16.2. The van der Waals surface area contributed by atoms with E-state index in [0.29, 0.717) is 12.1 Å². The fourth-order valence-electron chi connectivity index (χ4n) is 3.09. The molecule has 1 atom stereocenters. The van der Waals surface area contributed by atoms with Gasteiger partial charge < -0.3 is 9.80 Å². The molecule has 0 bridgehead atoms. The third kappa shape index (κ3) is 5.13. The van der Waals surface area contributed by atoms with E-state index in [4.69, 9.17) is 0 Å². The predicted molar refractivity (Wildman–Crippen MR) is 103 cm³/mol. The number of amides is 1. The van der Waals surface area contributed by atoms with Crippen LogP contribution in [-0.2, 0) is 17.9 Å². The van der Waals surface area contributed by atoms with E-state index in [1.54, 1.807) is 24.1 Å². The molecular weight excluding hydrogens is 329 g/mol. The van der Waals surface area contributed by atoms with E-state index < -0.39 is 6.04 Å². The summed E-state index contributed by atoms with van der Waals surface area (Å²) in [6.07, 6.45) is 0. The average molecular weight is 357 g/mol. The van der Waals surface area contributed by atoms with Crippen LogP contribution < -0.4 is 0 Å². The van der Waals surface area contributed by atoms with Crippen molar-refractivity contribution in [2.24, 2.45) is 0 Å². The largest absolute Gasteiger partial charge is 0.340 e. The van der Waals surface area contributed by atoms with E-state index in [1.807, 2.05) is 45.2 Å². The lowest BCUT2D eigenvalue weighted by Crippen LogP contribution is -2.38. The highest BCUT2D eigenvalue weighted by Crippen LogP contribution is 2.23. The van der Waals surface area contributed by atoms with Gasteiger partial charge >= 0.3 is 0 Å². The summed E-state index contributed by atoms with van der Waals surface area (Å²) in [5, 5.41) is 0. The van der Waals surface area contributed by atoms with Gasteiger partial charge in [0.25, 0.3) is 0 Å². The highest BCUT2D eigenvalue weighted by Gasteiger charge is 2.26. The van der Waals surface area contributed by atoms with Crippen molar-refractivity contribution in [2.45, 2.75) is 19.1 Å². The normalized spacial score (nSPS) is 12.5. The first-order chi connectivity index (χ1) is 12.3. The van der Waals surface area contributed by atoms with E-state index in [2.05, 4.69) is 17.0 Å². The molecule has 4 nitrogen and oxygen atoms in total. The number of hydrogen-bond acceptors (Lipinski definition) is 3. The van der Waals surface area contributed by atoms with Crippen molar-refractivity contribution in [2.75, 3.05) is 35.2 Å². The summed E-state index contributed by atoms with van der Waals surface area (Å²) < 4.78 is 13.6. The van der Waals surface area contributed by atoms with Gasteiger partial charge in [0, 0.05) is 20.1 Å². The van der Waals surface area contributed by atoms with E-state index in [9.17, 15) is 9.18 Å². The van der Waals surface area contributed by atoms with Crippen molar-refractivity contribution >= 4 is 5.91 Å². The van der Waals surface area contributed by atoms with E-state index >= 15 is 0 Å². The summed E-state index contributed by atoms with van der Waals surface area (Å²) in [7, 11) is 9.52. The molecule has 5 heteroatoms. The second-order valence-corrected chi connectivity index (χ2v) is 7.12. The first-order valence-electron chi connectivity index (χ1n) is 8.68. The number of carbonyl (C=O) groups is 1. The molecule has 140 valence electrons. The van der Waals surface area contributed by atoms with Gasteiger partial charge in [0.1, 0.15) is 11.9 Å². The molecular formula is C21H28FN3O. The van der Waals surface area contributed by atoms with Crippen molar-refractivity contribution in [3.63, 3.8) is 0 Å². The van der Waals surface area contributed by atoms with Crippen molar-refractivity contribution in [3.05, 3.63) is 71.0 Å². The van der Waals surface area contributed by atoms with E-state index in [-0.39, 0.29) is 11.7 Å². The van der Waals surface area contributed by atoms with Crippen LogP contribution in [0.1, 0.15) is 22.7 Å². The lowest BCUT2D eigenvalue weighted by molar-refractivity contribution is -0.135. The van der Waals surface area contributed by atoms with Gasteiger partial charge in [-0.2, -0.15) is 0 Å². The molecule has 0 aliphatic rings. The topological polar surface area (TPSA) is 26.8 Å². The molecule has 0 saturated carbocycles. The molecule has 0 unspecified atom stereocenters. The molecule has 0 N–H and O–H groups in total. The van der Waals surface area contributed by atoms with Crippen LogP contribution >= 0.6 is 0 Å². The molecule has 2 aromatic rings. The molecule has 2 rings (SSSR count). The van der Waals surface area contributed by atoms with Crippen molar-refractivity contribution in [1.29, 1.82) is 0 Å². The summed E-state index contributed by atoms with van der Waals surface area (Å²) in [5.41, 5.74) is 2.98. The summed E-state index contributed by atoms with van der Waals surface area (Å²) in [6.45, 7) is 1.34. The molecule has 2 aromatic carbocycles. The Morgan fingerprint density at radius 3 is 2.08 bits per heavy atom. The van der Waals surface area contributed by atoms with Gasteiger partial charge in [0.05, 0.1) is 0 Å². The highest BCUT2D eigenvalue weighted by molar-refractivity contribution is 5.83. The summed E-state index contributed by atoms with van der Waals surface area (Å²) in [4.78, 5) is 18.7. The molecule has 0 heterocycles. The second kappa shape index (κ2) is 8.92. The number of nitrogens with zero attached hydrogens (tertiary/aromatic N) is 3. The van der Waals surface area contributed by atoms with Crippen LogP contribution in [0.25, 0.3) is 0 Å². The zero-order chi connectivity index (χ0) is 19.3. The molecule has 0 saturated heterocycles. The number of hydrogen-bond donors (Lipinski definition) is 0. The van der Waals surface area contributed by atoms with Gasteiger partial charge in [-0.15, -0.1) is 0 Å². The fourth-order valence-corrected chi connectivity index (χ4v) is 3.09. The Morgan fingerprint density at radius 1 is 0.923 bits per heavy atom. The maximum absolute atomic E-state index is 13.6. The molecule has 26 heavy (non-hydrogen) atoms. The smallest absolute Gasteiger partial charge is 0.244 e. The number of halogens is 1. The van der Waals surface area contributed by atoms with Crippen LogP contribution in [0.4, 0.5) is 4.39 Å². The Morgan fingerprint density at radius 2 is 1.54 bits per heavy atom. The Labute approximate surface area is 155 Å². The van der Waals surface area contributed by atoms with Crippen LogP contribution in [-0.4, -0.2) is 55.8 Å². The van der Waals surface area contributed by atoms with Gasteiger partial charge in [0.2, 0.25) is 5.91 Å². The van der Waals surface area contributed by atoms with E-state index in [1.165, 1.54) is 17.7 Å². The lowest BCUT2D eigenvalue weighted by atomic mass is 10.0. The summed E-state index contributed by atoms with van der Waals surface area (Å²) in [5.74, 6) is -0.388. The first-order valence-corrected chi connectivity index (χ1v) is 8.68. The lowest BCUT2D eigenvalue weighted by Gasteiger charge is -2.29. The number of rotatable bonds is 7. The standard InChI is InChI=1S/C21H28FN3O/c1-23(2)14-17-9-6-7-10-18(17)15-25(5)21(26)20(24(3)4)16-11-8-12-19(22)13-16/h6-13,20H,14-15H2,1-5H3/t20-/m1/s1. The van der Waals surface area contributed by atoms with Gasteiger partial charge in [-0.3, -0.25) is 9.69 Å². The van der Waals surface area contributed by atoms with Gasteiger partial charge in [-0.25, -0.2) is 4.39 Å². The number of carbonyl (C=O) groups excluding carboxylic acids is 1. The summed E-state index contributed by atoms with van der Waals surface area (Å²) >= 11 is 0. The zero-order valence-electron chi connectivity index (χ0n) is 16.2. The van der Waals surface area contributed by atoms with Gasteiger partial charge in [0.15, 0.2) is 0 Å². The van der Waals surface area contributed by atoms with E-state index in [0.717, 1.165) is 12.1 Å². The molecule has 0 spiro atoms. The van der Waals surface area contributed by atoms with Crippen LogP contribution in [0.3, 0.4) is 0 Å².